The summed E-state index contributed by atoms with van der Waals surface area (Å²) in [5.41, 5.74) is 2.61. The van der Waals surface area contributed by atoms with Crippen molar-refractivity contribution >= 4 is 11.8 Å². The Balaban J connectivity index is 0.000000186. The molecule has 4 nitrogen and oxygen atoms in total. The van der Waals surface area contributed by atoms with Crippen molar-refractivity contribution in [1.29, 1.82) is 0 Å². The molecule has 0 aromatic heterocycles. The van der Waals surface area contributed by atoms with E-state index in [1.165, 1.54) is 23.3 Å². The fourth-order valence-corrected chi connectivity index (χ4v) is 4.81. The molecule has 178 valence electrons. The zero-order chi connectivity index (χ0) is 23.6. The minimum absolute atomic E-state index is 0.172. The van der Waals surface area contributed by atoms with Crippen molar-refractivity contribution in [1.82, 2.24) is 9.80 Å². The van der Waals surface area contributed by atoms with E-state index in [1.54, 1.807) is 13.8 Å². The Bertz CT molecular complexity index is 869. The van der Waals surface area contributed by atoms with Crippen molar-refractivity contribution in [2.24, 2.45) is 11.8 Å². The predicted molar refractivity (Wildman–Crippen MR) is 130 cm³/mol. The van der Waals surface area contributed by atoms with Crippen LogP contribution in [0.5, 0.6) is 0 Å². The molecular formula is C28H37FN2O2. The first-order chi connectivity index (χ1) is 15.9. The Labute approximate surface area is 197 Å². The Morgan fingerprint density at radius 2 is 1.09 bits per heavy atom. The average Bonchev–Trinajstić information content (AvgIpc) is 2.82. The molecule has 2 amide bonds. The number of hydrogen-bond donors (Lipinski definition) is 0. The summed E-state index contributed by atoms with van der Waals surface area (Å²) in [6, 6.07) is 17.4. The van der Waals surface area contributed by atoms with Gasteiger partial charge in [-0.15, -0.1) is 0 Å². The molecule has 0 saturated carbocycles. The van der Waals surface area contributed by atoms with Crippen LogP contribution in [0.15, 0.2) is 54.6 Å². The van der Waals surface area contributed by atoms with Crippen molar-refractivity contribution in [3.05, 3.63) is 71.5 Å². The molecule has 2 aliphatic rings. The number of carbonyl (C=O) groups is 2. The highest BCUT2D eigenvalue weighted by atomic mass is 19.1. The summed E-state index contributed by atoms with van der Waals surface area (Å²) >= 11 is 0. The van der Waals surface area contributed by atoms with Crippen LogP contribution >= 0.6 is 0 Å². The van der Waals surface area contributed by atoms with Gasteiger partial charge < -0.3 is 9.80 Å². The molecule has 5 heteroatoms. The van der Waals surface area contributed by atoms with E-state index in [-0.39, 0.29) is 17.6 Å². The van der Waals surface area contributed by atoms with Crippen molar-refractivity contribution in [3.8, 4) is 0 Å². The minimum Gasteiger partial charge on any atom is -0.343 e. The lowest BCUT2D eigenvalue weighted by Gasteiger charge is -2.31. The van der Waals surface area contributed by atoms with Crippen LogP contribution in [0, 0.1) is 17.7 Å². The van der Waals surface area contributed by atoms with Crippen LogP contribution in [0.1, 0.15) is 50.7 Å². The van der Waals surface area contributed by atoms with Gasteiger partial charge in [0.15, 0.2) is 0 Å². The SMILES string of the molecule is CC(=O)N1CCC(Cc2ccc(F)cc2)CC1.CC(=O)N1CCC(Cc2ccccc2)CC1. The summed E-state index contributed by atoms with van der Waals surface area (Å²) in [6.45, 7) is 6.89. The summed E-state index contributed by atoms with van der Waals surface area (Å²) in [5.74, 6) is 1.58. The number of carbonyl (C=O) groups excluding carboxylic acids is 2. The molecule has 0 bridgehead atoms. The number of nitrogens with zero attached hydrogens (tertiary/aromatic N) is 2. The molecule has 0 N–H and O–H groups in total. The van der Waals surface area contributed by atoms with Crippen LogP contribution in [0.25, 0.3) is 0 Å². The maximum atomic E-state index is 12.8. The monoisotopic (exact) mass is 452 g/mol. The van der Waals surface area contributed by atoms with E-state index >= 15 is 0 Å². The number of hydrogen-bond acceptors (Lipinski definition) is 2. The predicted octanol–water partition coefficient (Wildman–Crippen LogP) is 5.11. The van der Waals surface area contributed by atoms with E-state index in [2.05, 4.69) is 30.3 Å². The second-order valence-corrected chi connectivity index (χ2v) is 9.42. The Hall–Kier alpha value is -2.69. The second-order valence-electron chi connectivity index (χ2n) is 9.42. The van der Waals surface area contributed by atoms with Crippen LogP contribution in [0.3, 0.4) is 0 Å². The Morgan fingerprint density at radius 3 is 1.48 bits per heavy atom. The topological polar surface area (TPSA) is 40.6 Å². The molecule has 0 aliphatic carbocycles. The van der Waals surface area contributed by atoms with Gasteiger partial charge in [-0.3, -0.25) is 9.59 Å². The molecule has 0 atom stereocenters. The third-order valence-corrected chi connectivity index (χ3v) is 6.92. The van der Waals surface area contributed by atoms with E-state index in [0.717, 1.165) is 70.6 Å². The van der Waals surface area contributed by atoms with Gasteiger partial charge in [-0.25, -0.2) is 4.39 Å². The highest BCUT2D eigenvalue weighted by molar-refractivity contribution is 5.73. The van der Waals surface area contributed by atoms with Gasteiger partial charge in [0.25, 0.3) is 0 Å². The van der Waals surface area contributed by atoms with Crippen molar-refractivity contribution in [2.75, 3.05) is 26.2 Å². The molecule has 0 radical (unpaired) electrons. The number of amides is 2. The molecule has 2 aliphatic heterocycles. The summed E-state index contributed by atoms with van der Waals surface area (Å²) in [7, 11) is 0. The van der Waals surface area contributed by atoms with Crippen LogP contribution < -0.4 is 0 Å². The summed E-state index contributed by atoms with van der Waals surface area (Å²) in [4.78, 5) is 26.2. The van der Waals surface area contributed by atoms with Gasteiger partial charge in [-0.2, -0.15) is 0 Å². The first-order valence-corrected chi connectivity index (χ1v) is 12.2. The number of piperidine rings is 2. The molecule has 2 heterocycles. The maximum Gasteiger partial charge on any atom is 0.219 e. The van der Waals surface area contributed by atoms with E-state index in [4.69, 9.17) is 0 Å². The van der Waals surface area contributed by atoms with E-state index in [1.807, 2.05) is 21.9 Å². The van der Waals surface area contributed by atoms with Gasteiger partial charge in [0, 0.05) is 40.0 Å². The molecule has 2 aromatic rings. The minimum atomic E-state index is -0.180. The first kappa shape index (κ1) is 24.9. The third-order valence-electron chi connectivity index (χ3n) is 6.92. The largest absolute Gasteiger partial charge is 0.343 e. The van der Waals surface area contributed by atoms with Gasteiger partial charge in [0.2, 0.25) is 11.8 Å². The van der Waals surface area contributed by atoms with Crippen molar-refractivity contribution in [2.45, 2.75) is 52.4 Å². The van der Waals surface area contributed by atoms with Gasteiger partial charge >= 0.3 is 0 Å². The van der Waals surface area contributed by atoms with Crippen LogP contribution in [-0.2, 0) is 22.4 Å². The molecule has 0 unspecified atom stereocenters. The van der Waals surface area contributed by atoms with Crippen molar-refractivity contribution in [3.63, 3.8) is 0 Å². The fraction of sp³-hybridized carbons (Fsp3) is 0.500. The fourth-order valence-electron chi connectivity index (χ4n) is 4.81. The van der Waals surface area contributed by atoms with Crippen LogP contribution in [-0.4, -0.2) is 47.8 Å². The summed E-state index contributed by atoms with van der Waals surface area (Å²) in [6.07, 6.45) is 6.55. The lowest BCUT2D eigenvalue weighted by atomic mass is 9.90. The lowest BCUT2D eigenvalue weighted by molar-refractivity contribution is -0.131. The Kier molecular flexibility index (Phi) is 9.47. The van der Waals surface area contributed by atoms with E-state index < -0.39 is 0 Å². The molecule has 4 rings (SSSR count). The average molecular weight is 453 g/mol. The molecular weight excluding hydrogens is 415 g/mol. The zero-order valence-electron chi connectivity index (χ0n) is 20.0. The van der Waals surface area contributed by atoms with Crippen LogP contribution in [0.2, 0.25) is 0 Å². The van der Waals surface area contributed by atoms with Gasteiger partial charge in [-0.1, -0.05) is 42.5 Å². The third kappa shape index (κ3) is 8.30. The smallest absolute Gasteiger partial charge is 0.219 e. The normalized spacial score (nSPS) is 17.3. The maximum absolute atomic E-state index is 12.8. The second kappa shape index (κ2) is 12.5. The molecule has 2 saturated heterocycles. The number of halogens is 1. The number of benzene rings is 2. The van der Waals surface area contributed by atoms with Crippen molar-refractivity contribution < 1.29 is 14.0 Å². The highest BCUT2D eigenvalue weighted by Crippen LogP contribution is 2.22. The first-order valence-electron chi connectivity index (χ1n) is 12.2. The van der Waals surface area contributed by atoms with Gasteiger partial charge in [-0.05, 0) is 73.6 Å². The van der Waals surface area contributed by atoms with E-state index in [9.17, 15) is 14.0 Å². The molecule has 33 heavy (non-hydrogen) atoms. The number of rotatable bonds is 4. The van der Waals surface area contributed by atoms with Crippen LogP contribution in [0.4, 0.5) is 4.39 Å². The number of likely N-dealkylation sites (tertiary alicyclic amines) is 2. The Morgan fingerprint density at radius 1 is 0.697 bits per heavy atom. The zero-order valence-corrected chi connectivity index (χ0v) is 20.0. The summed E-state index contributed by atoms with van der Waals surface area (Å²) in [5, 5.41) is 0. The highest BCUT2D eigenvalue weighted by Gasteiger charge is 2.21. The molecule has 2 fully saturated rings. The van der Waals surface area contributed by atoms with Gasteiger partial charge in [0.05, 0.1) is 0 Å². The van der Waals surface area contributed by atoms with Gasteiger partial charge in [0.1, 0.15) is 5.82 Å². The standard InChI is InChI=1S/C14H18FNO.C14H19NO/c1-11(17)16-8-6-13(7-9-16)10-12-2-4-14(15)5-3-12;1-12(16)15-9-7-14(8-10-15)11-13-5-3-2-4-6-13/h2-5,13H,6-10H2,1H3;2-6,14H,7-11H2,1H3. The summed E-state index contributed by atoms with van der Waals surface area (Å²) < 4.78 is 12.8. The molecule has 0 spiro atoms. The quantitative estimate of drug-likeness (QED) is 0.646. The van der Waals surface area contributed by atoms with E-state index in [0.29, 0.717) is 5.92 Å². The molecule has 2 aromatic carbocycles. The lowest BCUT2D eigenvalue weighted by Crippen LogP contribution is -2.37.